The van der Waals surface area contributed by atoms with Gasteiger partial charge in [-0.15, -0.1) is 0 Å². The fourth-order valence-electron chi connectivity index (χ4n) is 3.07. The van der Waals surface area contributed by atoms with Gasteiger partial charge in [-0.05, 0) is 39.7 Å². The molecule has 0 amide bonds. The van der Waals surface area contributed by atoms with Crippen molar-refractivity contribution < 1.29 is 4.74 Å². The topological polar surface area (TPSA) is 24.5 Å². The summed E-state index contributed by atoms with van der Waals surface area (Å²) < 4.78 is 5.62. The molecule has 17 heavy (non-hydrogen) atoms. The first-order valence-corrected chi connectivity index (χ1v) is 7.31. The number of nitrogens with one attached hydrogen (secondary N) is 1. The smallest absolute Gasteiger partial charge is 0.0700 e. The number of nitrogens with zero attached hydrogens (tertiary/aromatic N) is 1. The summed E-state index contributed by atoms with van der Waals surface area (Å²) in [5.74, 6) is 0. The predicted molar refractivity (Wildman–Crippen MR) is 71.3 cm³/mol. The summed E-state index contributed by atoms with van der Waals surface area (Å²) in [4.78, 5) is 2.56. The molecule has 100 valence electrons. The minimum atomic E-state index is 0.471. The van der Waals surface area contributed by atoms with Crippen LogP contribution in [-0.4, -0.2) is 49.8 Å². The Kier molecular flexibility index (Phi) is 5.26. The van der Waals surface area contributed by atoms with Gasteiger partial charge in [0.25, 0.3) is 0 Å². The molecule has 0 aromatic heterocycles. The molecule has 0 bridgehead atoms. The molecule has 0 spiro atoms. The minimum absolute atomic E-state index is 0.471. The summed E-state index contributed by atoms with van der Waals surface area (Å²) in [6, 6.07) is 1.47. The minimum Gasteiger partial charge on any atom is -0.377 e. The van der Waals surface area contributed by atoms with E-state index >= 15 is 0 Å². The zero-order chi connectivity index (χ0) is 12.1. The van der Waals surface area contributed by atoms with Crippen LogP contribution in [0.2, 0.25) is 0 Å². The average Bonchev–Trinajstić information content (AvgIpc) is 3.00. The molecule has 2 aliphatic rings. The van der Waals surface area contributed by atoms with E-state index in [-0.39, 0.29) is 0 Å². The highest BCUT2D eigenvalue weighted by Crippen LogP contribution is 2.23. The van der Waals surface area contributed by atoms with Gasteiger partial charge in [-0.2, -0.15) is 0 Å². The largest absolute Gasteiger partial charge is 0.377 e. The van der Waals surface area contributed by atoms with Crippen LogP contribution in [0, 0.1) is 0 Å². The van der Waals surface area contributed by atoms with E-state index in [9.17, 15) is 0 Å². The maximum Gasteiger partial charge on any atom is 0.0700 e. The van der Waals surface area contributed by atoms with Crippen molar-refractivity contribution in [1.29, 1.82) is 0 Å². The van der Waals surface area contributed by atoms with Crippen molar-refractivity contribution in [1.82, 2.24) is 10.2 Å². The van der Waals surface area contributed by atoms with E-state index in [0.29, 0.717) is 12.1 Å². The molecule has 2 rings (SSSR count). The molecule has 2 atom stereocenters. The van der Waals surface area contributed by atoms with E-state index in [1.807, 2.05) is 0 Å². The first-order chi connectivity index (χ1) is 8.27. The SMILES string of the molecule is CC(CNCC1CCCO1)N(C)C1CCCC1. The van der Waals surface area contributed by atoms with Crippen LogP contribution in [-0.2, 0) is 4.74 Å². The van der Waals surface area contributed by atoms with E-state index in [1.165, 1.54) is 38.5 Å². The lowest BCUT2D eigenvalue weighted by molar-refractivity contribution is 0.106. The van der Waals surface area contributed by atoms with Crippen molar-refractivity contribution in [3.8, 4) is 0 Å². The van der Waals surface area contributed by atoms with Crippen molar-refractivity contribution in [2.75, 3.05) is 26.7 Å². The van der Waals surface area contributed by atoms with Crippen molar-refractivity contribution in [2.24, 2.45) is 0 Å². The fourth-order valence-corrected chi connectivity index (χ4v) is 3.07. The third kappa shape index (κ3) is 3.94. The highest BCUT2D eigenvalue weighted by atomic mass is 16.5. The van der Waals surface area contributed by atoms with E-state index in [0.717, 1.165) is 25.7 Å². The highest BCUT2D eigenvalue weighted by molar-refractivity contribution is 4.80. The second-order valence-corrected chi connectivity index (χ2v) is 5.75. The van der Waals surface area contributed by atoms with Crippen LogP contribution in [0.3, 0.4) is 0 Å². The van der Waals surface area contributed by atoms with Gasteiger partial charge in [0.2, 0.25) is 0 Å². The van der Waals surface area contributed by atoms with Crippen molar-refractivity contribution in [3.05, 3.63) is 0 Å². The zero-order valence-corrected chi connectivity index (χ0v) is 11.5. The summed E-state index contributed by atoms with van der Waals surface area (Å²) in [7, 11) is 2.29. The second-order valence-electron chi connectivity index (χ2n) is 5.75. The molecule has 0 aromatic rings. The first kappa shape index (κ1) is 13.3. The molecule has 1 saturated carbocycles. The van der Waals surface area contributed by atoms with Crippen molar-refractivity contribution >= 4 is 0 Å². The van der Waals surface area contributed by atoms with Gasteiger partial charge < -0.3 is 10.1 Å². The number of ether oxygens (including phenoxy) is 1. The van der Waals surface area contributed by atoms with Crippen LogP contribution >= 0.6 is 0 Å². The average molecular weight is 240 g/mol. The lowest BCUT2D eigenvalue weighted by Crippen LogP contribution is -2.44. The van der Waals surface area contributed by atoms with E-state index in [2.05, 4.69) is 24.2 Å². The molecule has 1 saturated heterocycles. The van der Waals surface area contributed by atoms with Crippen LogP contribution < -0.4 is 5.32 Å². The predicted octanol–water partition coefficient (Wildman–Crippen LogP) is 2.02. The van der Waals surface area contributed by atoms with Crippen molar-refractivity contribution in [2.45, 2.75) is 63.6 Å². The van der Waals surface area contributed by atoms with Gasteiger partial charge >= 0.3 is 0 Å². The van der Waals surface area contributed by atoms with Gasteiger partial charge in [0.15, 0.2) is 0 Å². The Labute approximate surface area is 106 Å². The molecule has 2 unspecified atom stereocenters. The van der Waals surface area contributed by atoms with Crippen LogP contribution in [0.5, 0.6) is 0 Å². The van der Waals surface area contributed by atoms with Gasteiger partial charge in [0.1, 0.15) is 0 Å². The van der Waals surface area contributed by atoms with E-state index < -0.39 is 0 Å². The van der Waals surface area contributed by atoms with Gasteiger partial charge in [0, 0.05) is 31.8 Å². The normalized spacial score (nSPS) is 28.1. The Morgan fingerprint density at radius 1 is 1.24 bits per heavy atom. The van der Waals surface area contributed by atoms with Crippen LogP contribution in [0.25, 0.3) is 0 Å². The maximum atomic E-state index is 5.62. The van der Waals surface area contributed by atoms with E-state index in [1.54, 1.807) is 0 Å². The van der Waals surface area contributed by atoms with Crippen molar-refractivity contribution in [3.63, 3.8) is 0 Å². The van der Waals surface area contributed by atoms with Gasteiger partial charge in [0.05, 0.1) is 6.10 Å². The number of rotatable bonds is 6. The Morgan fingerprint density at radius 3 is 2.65 bits per heavy atom. The fraction of sp³-hybridized carbons (Fsp3) is 1.00. The third-order valence-electron chi connectivity index (χ3n) is 4.43. The van der Waals surface area contributed by atoms with E-state index in [4.69, 9.17) is 4.74 Å². The third-order valence-corrected chi connectivity index (χ3v) is 4.43. The first-order valence-electron chi connectivity index (χ1n) is 7.31. The lowest BCUT2D eigenvalue weighted by atomic mass is 10.1. The van der Waals surface area contributed by atoms with Gasteiger partial charge in [-0.3, -0.25) is 4.90 Å². The molecule has 1 aliphatic heterocycles. The summed E-state index contributed by atoms with van der Waals surface area (Å²) in [6.07, 6.45) is 8.58. The number of hydrogen-bond donors (Lipinski definition) is 1. The quantitative estimate of drug-likeness (QED) is 0.769. The van der Waals surface area contributed by atoms with Crippen LogP contribution in [0.15, 0.2) is 0 Å². The monoisotopic (exact) mass is 240 g/mol. The summed E-state index contributed by atoms with van der Waals surface area (Å²) in [5, 5.41) is 3.56. The molecule has 0 aromatic carbocycles. The highest BCUT2D eigenvalue weighted by Gasteiger charge is 2.23. The Bertz CT molecular complexity index is 210. The molecular formula is C14H28N2O. The van der Waals surface area contributed by atoms with Gasteiger partial charge in [-0.1, -0.05) is 12.8 Å². The number of likely N-dealkylation sites (N-methyl/N-ethyl adjacent to an activating group) is 1. The summed E-state index contributed by atoms with van der Waals surface area (Å²) in [5.41, 5.74) is 0. The standard InChI is InChI=1S/C14H28N2O/c1-12(16(2)13-6-3-4-7-13)10-15-11-14-8-5-9-17-14/h12-15H,3-11H2,1-2H3. The molecule has 0 radical (unpaired) electrons. The zero-order valence-electron chi connectivity index (χ0n) is 11.5. The maximum absolute atomic E-state index is 5.62. The lowest BCUT2D eigenvalue weighted by Gasteiger charge is -2.31. The molecule has 3 heteroatoms. The number of hydrogen-bond acceptors (Lipinski definition) is 3. The molecular weight excluding hydrogens is 212 g/mol. The Hall–Kier alpha value is -0.120. The Morgan fingerprint density at radius 2 is 2.00 bits per heavy atom. The van der Waals surface area contributed by atoms with Gasteiger partial charge in [-0.25, -0.2) is 0 Å². The molecule has 1 N–H and O–H groups in total. The van der Waals surface area contributed by atoms with Crippen LogP contribution in [0.4, 0.5) is 0 Å². The molecule has 1 aliphatic carbocycles. The summed E-state index contributed by atoms with van der Waals surface area (Å²) >= 11 is 0. The van der Waals surface area contributed by atoms with Crippen LogP contribution in [0.1, 0.15) is 45.4 Å². The Balaban J connectivity index is 1.60. The molecule has 1 heterocycles. The second kappa shape index (κ2) is 6.72. The summed E-state index contributed by atoms with van der Waals surface area (Å²) in [6.45, 7) is 5.42. The molecule has 2 fully saturated rings. The molecule has 3 nitrogen and oxygen atoms in total.